The molecule has 0 spiro atoms. The number of esters is 1. The lowest BCUT2D eigenvalue weighted by atomic mass is 9.66. The lowest BCUT2D eigenvalue weighted by Gasteiger charge is -2.35. The van der Waals surface area contributed by atoms with Gasteiger partial charge in [0.2, 0.25) is 5.91 Å². The van der Waals surface area contributed by atoms with Gasteiger partial charge in [-0.2, -0.15) is 0 Å². The van der Waals surface area contributed by atoms with Gasteiger partial charge < -0.3 is 24.5 Å². The highest BCUT2D eigenvalue weighted by atomic mass is 31.2. The average molecular weight is 884 g/mol. The van der Waals surface area contributed by atoms with Gasteiger partial charge in [0.05, 0.1) is 24.5 Å². The van der Waals surface area contributed by atoms with E-state index >= 15 is 0 Å². The Labute approximate surface area is 381 Å². The van der Waals surface area contributed by atoms with Crippen molar-refractivity contribution in [2.45, 2.75) is 63.2 Å². The van der Waals surface area contributed by atoms with Gasteiger partial charge in [0.25, 0.3) is 0 Å². The zero-order valence-corrected chi connectivity index (χ0v) is 37.6. The molecule has 1 amide bonds. The van der Waals surface area contributed by atoms with E-state index in [0.717, 1.165) is 22.3 Å². The van der Waals surface area contributed by atoms with Crippen molar-refractivity contribution in [3.63, 3.8) is 0 Å². The van der Waals surface area contributed by atoms with Crippen molar-refractivity contribution in [2.24, 2.45) is 0 Å². The topological polar surface area (TPSA) is 119 Å². The number of ether oxygens (including phenoxy) is 2. The Balaban J connectivity index is 1.10. The lowest BCUT2D eigenvalue weighted by molar-refractivity contribution is -0.153. The van der Waals surface area contributed by atoms with Gasteiger partial charge in [-0.05, 0) is 60.2 Å². The minimum absolute atomic E-state index is 0.00249. The highest BCUT2D eigenvalue weighted by Crippen LogP contribution is 2.44. The van der Waals surface area contributed by atoms with E-state index in [9.17, 15) is 24.1 Å². The monoisotopic (exact) mass is 883 g/mol. The number of Topliss-reactive ketones (excluding diaryl/α,β-unsaturated/α-hetero) is 1. The van der Waals surface area contributed by atoms with Gasteiger partial charge in [0.1, 0.15) is 23.7 Å². The van der Waals surface area contributed by atoms with Crippen molar-refractivity contribution >= 4 is 40.7 Å². The first-order valence-electron chi connectivity index (χ1n) is 22.0. The Morgan fingerprint density at radius 3 is 1.46 bits per heavy atom. The van der Waals surface area contributed by atoms with Crippen molar-refractivity contribution < 1.29 is 33.5 Å². The highest BCUT2D eigenvalue weighted by molar-refractivity contribution is 7.85. The molecule has 7 aromatic rings. The third kappa shape index (κ3) is 11.1. The minimum Gasteiger partial charge on any atom is -0.493 e. The number of hydrogen-bond acceptors (Lipinski definition) is 7. The van der Waals surface area contributed by atoms with E-state index in [4.69, 9.17) is 9.47 Å². The predicted octanol–water partition coefficient (Wildman–Crippen LogP) is 9.71. The summed E-state index contributed by atoms with van der Waals surface area (Å²) in [5, 5.41) is 14.8. The summed E-state index contributed by atoms with van der Waals surface area (Å²) in [5.41, 5.74) is 3.46. The third-order valence-electron chi connectivity index (χ3n) is 11.8. The van der Waals surface area contributed by atoms with Crippen LogP contribution in [0.1, 0.15) is 79.6 Å². The Morgan fingerprint density at radius 1 is 0.569 bits per heavy atom. The summed E-state index contributed by atoms with van der Waals surface area (Å²) < 4.78 is 26.8. The number of carbonyl (C=O) groups excluding carboxylic acids is 3. The molecule has 0 aliphatic heterocycles. The first kappa shape index (κ1) is 46.1. The number of hydrogen-bond donors (Lipinski definition) is 2. The van der Waals surface area contributed by atoms with Crippen LogP contribution in [0.15, 0.2) is 200 Å². The quantitative estimate of drug-likeness (QED) is 0.0445. The SMILES string of the molecule is CC(O)c1ccc(OCCC(=O)NC(CCC(=O)CC(c2ccccc2)(c2ccccc2)c2ccccc2)C(=O)OC(C)c2ccc(P(=O)(c3ccccc3)c3ccccc3)cc2)cc1. The second-order valence-corrected chi connectivity index (χ2v) is 18.9. The first-order valence-corrected chi connectivity index (χ1v) is 23.7. The molecule has 9 heteroatoms. The van der Waals surface area contributed by atoms with Crippen LogP contribution in [0, 0.1) is 0 Å². The van der Waals surface area contributed by atoms with Crippen LogP contribution in [0.2, 0.25) is 0 Å². The van der Waals surface area contributed by atoms with Crippen LogP contribution >= 0.6 is 7.14 Å². The molecular weight excluding hydrogens is 830 g/mol. The van der Waals surface area contributed by atoms with Gasteiger partial charge >= 0.3 is 5.97 Å². The molecule has 65 heavy (non-hydrogen) atoms. The van der Waals surface area contributed by atoms with Crippen molar-refractivity contribution in [1.82, 2.24) is 5.32 Å². The van der Waals surface area contributed by atoms with Crippen LogP contribution in [-0.4, -0.2) is 35.4 Å². The number of carbonyl (C=O) groups is 3. The molecule has 0 aliphatic rings. The maximum atomic E-state index is 14.9. The fraction of sp³-hybridized carbons (Fsp3) is 0.196. The molecule has 3 atom stereocenters. The predicted molar refractivity (Wildman–Crippen MR) is 258 cm³/mol. The van der Waals surface area contributed by atoms with Gasteiger partial charge in [0.15, 0.2) is 7.14 Å². The third-order valence-corrected chi connectivity index (χ3v) is 14.9. The maximum Gasteiger partial charge on any atom is 0.329 e. The van der Waals surface area contributed by atoms with Crippen molar-refractivity contribution in [2.75, 3.05) is 6.61 Å². The first-order chi connectivity index (χ1) is 31.6. The molecule has 0 heterocycles. The summed E-state index contributed by atoms with van der Waals surface area (Å²) in [5.74, 6) is -0.687. The number of aliphatic hydroxyl groups excluding tert-OH is 1. The molecule has 3 unspecified atom stereocenters. The normalized spacial score (nSPS) is 12.9. The van der Waals surface area contributed by atoms with Crippen LogP contribution in [0.3, 0.4) is 0 Å². The van der Waals surface area contributed by atoms with E-state index in [1.165, 1.54) is 0 Å². The molecule has 8 nitrogen and oxygen atoms in total. The smallest absolute Gasteiger partial charge is 0.329 e. The number of ketones is 1. The summed E-state index contributed by atoms with van der Waals surface area (Å²) in [4.78, 5) is 42.1. The van der Waals surface area contributed by atoms with Gasteiger partial charge in [0, 0.05) is 28.8 Å². The summed E-state index contributed by atoms with van der Waals surface area (Å²) in [6.07, 6.45) is -1.32. The Bertz CT molecular complexity index is 2520. The number of amides is 1. The highest BCUT2D eigenvalue weighted by Gasteiger charge is 2.39. The molecule has 7 aromatic carbocycles. The number of rotatable bonds is 20. The van der Waals surface area contributed by atoms with Crippen LogP contribution < -0.4 is 26.0 Å². The molecule has 0 radical (unpaired) electrons. The van der Waals surface area contributed by atoms with Crippen LogP contribution in [0.4, 0.5) is 0 Å². The van der Waals surface area contributed by atoms with Crippen molar-refractivity contribution in [1.29, 1.82) is 0 Å². The summed E-state index contributed by atoms with van der Waals surface area (Å²) in [7, 11) is -3.22. The summed E-state index contributed by atoms with van der Waals surface area (Å²) >= 11 is 0. The van der Waals surface area contributed by atoms with E-state index in [-0.39, 0.29) is 38.1 Å². The summed E-state index contributed by atoms with van der Waals surface area (Å²) in [6, 6.07) is 61.7. The Morgan fingerprint density at radius 2 is 1.00 bits per heavy atom. The molecular formula is C56H54NO7P. The van der Waals surface area contributed by atoms with Gasteiger partial charge in [-0.3, -0.25) is 9.59 Å². The van der Waals surface area contributed by atoms with E-state index < -0.39 is 42.7 Å². The molecule has 0 bridgehead atoms. The van der Waals surface area contributed by atoms with E-state index in [0.29, 0.717) is 27.2 Å². The largest absolute Gasteiger partial charge is 0.493 e. The Hall–Kier alpha value is -6.86. The van der Waals surface area contributed by atoms with E-state index in [1.54, 1.807) is 38.1 Å². The van der Waals surface area contributed by atoms with Crippen LogP contribution in [0.25, 0.3) is 0 Å². The molecule has 330 valence electrons. The fourth-order valence-corrected chi connectivity index (χ4v) is 10.9. The van der Waals surface area contributed by atoms with Crippen LogP contribution in [-0.2, 0) is 29.1 Å². The van der Waals surface area contributed by atoms with Crippen molar-refractivity contribution in [3.05, 3.63) is 228 Å². The lowest BCUT2D eigenvalue weighted by Crippen LogP contribution is -2.43. The van der Waals surface area contributed by atoms with Gasteiger partial charge in [-0.25, -0.2) is 4.79 Å². The average Bonchev–Trinajstić information content (AvgIpc) is 3.35. The fourth-order valence-electron chi connectivity index (χ4n) is 8.29. The zero-order chi connectivity index (χ0) is 45.7. The number of nitrogens with one attached hydrogen (secondary N) is 1. The number of benzene rings is 7. The molecule has 7 rings (SSSR count). The molecule has 2 N–H and O–H groups in total. The second-order valence-electron chi connectivity index (χ2n) is 16.2. The molecule has 0 aliphatic carbocycles. The summed E-state index contributed by atoms with van der Waals surface area (Å²) in [6.45, 7) is 3.46. The minimum atomic E-state index is -3.22. The zero-order valence-electron chi connectivity index (χ0n) is 36.7. The molecule has 0 aromatic heterocycles. The van der Waals surface area contributed by atoms with E-state index in [1.807, 2.05) is 176 Å². The van der Waals surface area contributed by atoms with Crippen LogP contribution in [0.5, 0.6) is 5.75 Å². The molecule has 0 fully saturated rings. The van der Waals surface area contributed by atoms with Gasteiger partial charge in [-0.15, -0.1) is 0 Å². The molecule has 0 saturated heterocycles. The molecule has 0 saturated carbocycles. The van der Waals surface area contributed by atoms with Crippen molar-refractivity contribution in [3.8, 4) is 5.75 Å². The standard InChI is InChI=1S/C56H54NO7P/c1-41(58)43-28-33-49(34-29-43)63-39-38-54(60)57-53(37-32-48(59)40-56(45-18-8-3-9-19-45,46-20-10-4-11-21-46)47-22-12-5-13-23-47)55(61)64-42(2)44-30-35-52(36-31-44)65(62,50-24-14-6-15-25-50)51-26-16-7-17-27-51/h3-31,33-36,41-42,53,58H,32,37-40H2,1-2H3,(H,57,60). The van der Waals surface area contributed by atoms with E-state index in [2.05, 4.69) is 5.32 Å². The second kappa shape index (κ2) is 21.7. The van der Waals surface area contributed by atoms with Gasteiger partial charge in [-0.1, -0.05) is 188 Å². The Kier molecular flexibility index (Phi) is 15.4. The number of aliphatic hydroxyl groups is 1. The maximum absolute atomic E-state index is 14.9.